The van der Waals surface area contributed by atoms with Gasteiger partial charge in [0.15, 0.2) is 0 Å². The predicted octanol–water partition coefficient (Wildman–Crippen LogP) is 3.44. The lowest BCUT2D eigenvalue weighted by Gasteiger charge is -2.16. The van der Waals surface area contributed by atoms with E-state index in [0.717, 1.165) is 18.0 Å². The van der Waals surface area contributed by atoms with E-state index in [0.29, 0.717) is 11.6 Å². The Labute approximate surface area is 115 Å². The second-order valence-electron chi connectivity index (χ2n) is 5.70. The van der Waals surface area contributed by atoms with Gasteiger partial charge >= 0.3 is 5.97 Å². The molecule has 2 N–H and O–H groups in total. The first-order valence-electron chi connectivity index (χ1n) is 7.21. The number of nitrogens with one attached hydrogen (secondary N) is 1. The van der Waals surface area contributed by atoms with E-state index in [2.05, 4.69) is 12.2 Å². The number of hydrogen-bond donors (Lipinski definition) is 2. The fraction of sp³-hybridized carbons (Fsp3) is 0.562. The molecule has 1 saturated carbocycles. The van der Waals surface area contributed by atoms with Crippen LogP contribution in [0.1, 0.15) is 54.9 Å². The summed E-state index contributed by atoms with van der Waals surface area (Å²) in [5, 5.41) is 12.5. The quantitative estimate of drug-likeness (QED) is 0.816. The summed E-state index contributed by atoms with van der Waals surface area (Å²) in [5.41, 5.74) is 1.42. The molecule has 0 aromatic heterocycles. The second kappa shape index (κ2) is 6.71. The average Bonchev–Trinajstić information content (AvgIpc) is 2.61. The molecule has 2 rings (SSSR count). The molecule has 1 aromatic rings. The maximum Gasteiger partial charge on any atom is 0.335 e. The van der Waals surface area contributed by atoms with Gasteiger partial charge in [-0.15, -0.1) is 0 Å². The van der Waals surface area contributed by atoms with Crippen molar-refractivity contribution in [1.29, 1.82) is 0 Å². The number of aromatic carboxylic acids is 1. The van der Waals surface area contributed by atoms with Gasteiger partial charge < -0.3 is 10.4 Å². The minimum absolute atomic E-state index is 0.369. The maximum absolute atomic E-state index is 10.9. The third-order valence-electron chi connectivity index (χ3n) is 4.03. The van der Waals surface area contributed by atoms with Crippen molar-refractivity contribution in [3.05, 3.63) is 35.4 Å². The van der Waals surface area contributed by atoms with Gasteiger partial charge in [-0.05, 0) is 42.9 Å². The number of carbonyl (C=O) groups is 1. The molecule has 2 atom stereocenters. The molecule has 0 radical (unpaired) electrons. The summed E-state index contributed by atoms with van der Waals surface area (Å²) in [4.78, 5) is 10.9. The number of benzene rings is 1. The lowest BCUT2D eigenvalue weighted by atomic mass is 10.0. The Morgan fingerprint density at radius 2 is 2.16 bits per heavy atom. The molecular formula is C16H23NO2. The van der Waals surface area contributed by atoms with Crippen LogP contribution in [-0.2, 0) is 6.54 Å². The fourth-order valence-corrected chi connectivity index (χ4v) is 2.77. The van der Waals surface area contributed by atoms with Crippen molar-refractivity contribution in [2.45, 2.75) is 51.6 Å². The van der Waals surface area contributed by atoms with E-state index in [1.165, 1.54) is 32.1 Å². The average molecular weight is 261 g/mol. The third-order valence-corrected chi connectivity index (χ3v) is 4.03. The van der Waals surface area contributed by atoms with Crippen molar-refractivity contribution in [3.63, 3.8) is 0 Å². The molecule has 1 aliphatic carbocycles. The van der Waals surface area contributed by atoms with Crippen LogP contribution in [0.15, 0.2) is 24.3 Å². The van der Waals surface area contributed by atoms with Crippen molar-refractivity contribution in [2.75, 3.05) is 0 Å². The van der Waals surface area contributed by atoms with E-state index in [9.17, 15) is 4.79 Å². The minimum atomic E-state index is -0.856. The van der Waals surface area contributed by atoms with Crippen LogP contribution in [-0.4, -0.2) is 17.1 Å². The molecule has 0 saturated heterocycles. The molecular weight excluding hydrogens is 238 g/mol. The molecule has 19 heavy (non-hydrogen) atoms. The van der Waals surface area contributed by atoms with Gasteiger partial charge in [-0.3, -0.25) is 0 Å². The maximum atomic E-state index is 10.9. The molecule has 3 nitrogen and oxygen atoms in total. The number of hydrogen-bond acceptors (Lipinski definition) is 2. The van der Waals surface area contributed by atoms with Gasteiger partial charge in [0.2, 0.25) is 0 Å². The van der Waals surface area contributed by atoms with Crippen molar-refractivity contribution >= 4 is 5.97 Å². The summed E-state index contributed by atoms with van der Waals surface area (Å²) in [5.74, 6) is -0.00715. The molecule has 1 aromatic carbocycles. The Balaban J connectivity index is 1.87. The van der Waals surface area contributed by atoms with Crippen molar-refractivity contribution in [2.24, 2.45) is 5.92 Å². The number of rotatable bonds is 4. The zero-order valence-corrected chi connectivity index (χ0v) is 11.6. The van der Waals surface area contributed by atoms with E-state index in [-0.39, 0.29) is 0 Å². The molecule has 0 aliphatic heterocycles. The third kappa shape index (κ3) is 4.35. The highest BCUT2D eigenvalue weighted by molar-refractivity contribution is 5.87. The largest absolute Gasteiger partial charge is 0.478 e. The van der Waals surface area contributed by atoms with E-state index < -0.39 is 5.97 Å². The smallest absolute Gasteiger partial charge is 0.335 e. The van der Waals surface area contributed by atoms with Crippen LogP contribution < -0.4 is 5.32 Å². The van der Waals surface area contributed by atoms with Gasteiger partial charge in [-0.2, -0.15) is 0 Å². The zero-order chi connectivity index (χ0) is 13.7. The van der Waals surface area contributed by atoms with Crippen LogP contribution in [0.25, 0.3) is 0 Å². The summed E-state index contributed by atoms with van der Waals surface area (Å²) in [6.45, 7) is 3.10. The van der Waals surface area contributed by atoms with E-state index >= 15 is 0 Å². The SMILES string of the molecule is CC1CCCC(NCc2cccc(C(=O)O)c2)CC1. The van der Waals surface area contributed by atoms with Gasteiger partial charge in [-0.25, -0.2) is 4.79 Å². The Kier molecular flexibility index (Phi) is 4.97. The highest BCUT2D eigenvalue weighted by Crippen LogP contribution is 2.22. The molecule has 3 heteroatoms. The summed E-state index contributed by atoms with van der Waals surface area (Å²) < 4.78 is 0. The summed E-state index contributed by atoms with van der Waals surface area (Å²) in [7, 11) is 0. The van der Waals surface area contributed by atoms with Crippen LogP contribution in [0, 0.1) is 5.92 Å². The van der Waals surface area contributed by atoms with Gasteiger partial charge in [0.1, 0.15) is 0 Å². The first-order valence-corrected chi connectivity index (χ1v) is 7.21. The topological polar surface area (TPSA) is 49.3 Å². The van der Waals surface area contributed by atoms with Crippen LogP contribution in [0.5, 0.6) is 0 Å². The van der Waals surface area contributed by atoms with Crippen LogP contribution >= 0.6 is 0 Å². The monoisotopic (exact) mass is 261 g/mol. The van der Waals surface area contributed by atoms with Crippen LogP contribution in [0.4, 0.5) is 0 Å². The molecule has 104 valence electrons. The molecule has 0 spiro atoms. The summed E-state index contributed by atoms with van der Waals surface area (Å²) >= 11 is 0. The zero-order valence-electron chi connectivity index (χ0n) is 11.6. The first-order chi connectivity index (χ1) is 9.15. The van der Waals surface area contributed by atoms with E-state index in [1.807, 2.05) is 12.1 Å². The normalized spacial score (nSPS) is 23.8. The Bertz CT molecular complexity index is 431. The fourth-order valence-electron chi connectivity index (χ4n) is 2.77. The van der Waals surface area contributed by atoms with E-state index in [4.69, 9.17) is 5.11 Å². The molecule has 0 amide bonds. The Hall–Kier alpha value is -1.35. The minimum Gasteiger partial charge on any atom is -0.478 e. The van der Waals surface area contributed by atoms with Crippen LogP contribution in [0.2, 0.25) is 0 Å². The van der Waals surface area contributed by atoms with Crippen molar-refractivity contribution in [1.82, 2.24) is 5.32 Å². The molecule has 1 fully saturated rings. The standard InChI is InChI=1S/C16H23NO2/c1-12-4-2-7-15(9-8-12)17-11-13-5-3-6-14(10-13)16(18)19/h3,5-6,10,12,15,17H,2,4,7-9,11H2,1H3,(H,18,19). The van der Waals surface area contributed by atoms with Gasteiger partial charge in [0, 0.05) is 12.6 Å². The molecule has 0 heterocycles. The number of carboxylic acids is 1. The molecule has 2 unspecified atom stereocenters. The second-order valence-corrected chi connectivity index (χ2v) is 5.70. The van der Waals surface area contributed by atoms with Crippen molar-refractivity contribution < 1.29 is 9.90 Å². The lowest BCUT2D eigenvalue weighted by molar-refractivity contribution is 0.0696. The summed E-state index contributed by atoms with van der Waals surface area (Å²) in [6.07, 6.45) is 6.41. The first kappa shape index (κ1) is 14.1. The van der Waals surface area contributed by atoms with Gasteiger partial charge in [-0.1, -0.05) is 31.9 Å². The highest BCUT2D eigenvalue weighted by Gasteiger charge is 2.15. The van der Waals surface area contributed by atoms with Crippen LogP contribution in [0.3, 0.4) is 0 Å². The van der Waals surface area contributed by atoms with Crippen molar-refractivity contribution in [3.8, 4) is 0 Å². The highest BCUT2D eigenvalue weighted by atomic mass is 16.4. The van der Waals surface area contributed by atoms with Gasteiger partial charge in [0.25, 0.3) is 0 Å². The Morgan fingerprint density at radius 1 is 1.32 bits per heavy atom. The summed E-state index contributed by atoms with van der Waals surface area (Å²) in [6, 6.07) is 7.78. The van der Waals surface area contributed by atoms with E-state index in [1.54, 1.807) is 12.1 Å². The molecule has 0 bridgehead atoms. The van der Waals surface area contributed by atoms with Gasteiger partial charge in [0.05, 0.1) is 5.56 Å². The Morgan fingerprint density at radius 3 is 2.95 bits per heavy atom. The number of carboxylic acid groups (broad SMARTS) is 1. The molecule has 1 aliphatic rings. The lowest BCUT2D eigenvalue weighted by Crippen LogP contribution is -2.28. The predicted molar refractivity (Wildman–Crippen MR) is 76.3 cm³/mol.